The molecule has 0 bridgehead atoms. The monoisotopic (exact) mass is 238 g/mol. The van der Waals surface area contributed by atoms with Gasteiger partial charge in [0.25, 0.3) is 0 Å². The first-order chi connectivity index (χ1) is 7.96. The summed E-state index contributed by atoms with van der Waals surface area (Å²) >= 11 is 0. The second-order valence-corrected chi connectivity index (χ2v) is 4.37. The number of aliphatic hydroxyl groups is 1. The highest BCUT2D eigenvalue weighted by molar-refractivity contribution is 6.22. The smallest absolute Gasteiger partial charge is 0.339 e. The Labute approximate surface area is 101 Å². The van der Waals surface area contributed by atoms with E-state index in [1.807, 2.05) is 13.8 Å². The zero-order chi connectivity index (χ0) is 13.1. The van der Waals surface area contributed by atoms with E-state index in [0.717, 1.165) is 18.9 Å². The minimum Gasteiger partial charge on any atom is -0.511 e. The number of aliphatic carboxylic acids is 1. The van der Waals surface area contributed by atoms with Crippen LogP contribution in [0.5, 0.6) is 0 Å². The third-order valence-electron chi connectivity index (χ3n) is 3.30. The molecule has 0 amide bonds. The van der Waals surface area contributed by atoms with Gasteiger partial charge < -0.3 is 10.2 Å². The van der Waals surface area contributed by atoms with Crippen LogP contribution >= 0.6 is 0 Å². The Morgan fingerprint density at radius 1 is 1.41 bits per heavy atom. The molecule has 2 N–H and O–H groups in total. The number of carbonyl (C=O) groups excluding carboxylic acids is 1. The number of carboxylic acid groups (broad SMARTS) is 1. The topological polar surface area (TPSA) is 74.6 Å². The molecule has 1 aliphatic carbocycles. The second-order valence-electron chi connectivity index (χ2n) is 4.37. The highest BCUT2D eigenvalue weighted by Crippen LogP contribution is 2.40. The molecule has 0 saturated heterocycles. The molecular formula is C13H18O4. The number of ketones is 1. The van der Waals surface area contributed by atoms with Crippen LogP contribution < -0.4 is 0 Å². The number of carboxylic acids is 1. The number of unbranched alkanes of at least 4 members (excludes halogenated alkanes) is 1. The first-order valence-corrected chi connectivity index (χ1v) is 5.88. The first-order valence-electron chi connectivity index (χ1n) is 5.88. The van der Waals surface area contributed by atoms with Crippen LogP contribution in [0.1, 0.15) is 39.5 Å². The van der Waals surface area contributed by atoms with Crippen LogP contribution in [0.4, 0.5) is 0 Å². The predicted molar refractivity (Wildman–Crippen MR) is 63.7 cm³/mol. The lowest BCUT2D eigenvalue weighted by atomic mass is 9.73. The number of carbonyl (C=O) groups is 2. The van der Waals surface area contributed by atoms with Gasteiger partial charge in [0.05, 0.1) is 0 Å². The molecule has 4 heteroatoms. The SMILES string of the molecule is CCCCC1(CC)C=C(C(=O)O)C(=O)C=C1O. The van der Waals surface area contributed by atoms with Gasteiger partial charge in [-0.25, -0.2) is 4.79 Å². The summed E-state index contributed by atoms with van der Waals surface area (Å²) in [6.07, 6.45) is 5.54. The Bertz CT molecular complexity index is 392. The summed E-state index contributed by atoms with van der Waals surface area (Å²) in [5, 5.41) is 18.9. The maximum absolute atomic E-state index is 11.4. The minimum absolute atomic E-state index is 0.0107. The Balaban J connectivity index is 3.14. The molecule has 0 radical (unpaired) electrons. The molecule has 0 aromatic rings. The summed E-state index contributed by atoms with van der Waals surface area (Å²) in [6.45, 7) is 3.91. The van der Waals surface area contributed by atoms with E-state index < -0.39 is 17.2 Å². The minimum atomic E-state index is -1.23. The lowest BCUT2D eigenvalue weighted by Gasteiger charge is -2.31. The molecular weight excluding hydrogens is 220 g/mol. The maximum Gasteiger partial charge on any atom is 0.339 e. The molecule has 0 aliphatic heterocycles. The van der Waals surface area contributed by atoms with Gasteiger partial charge in [-0.2, -0.15) is 0 Å². The van der Waals surface area contributed by atoms with Gasteiger partial charge in [0, 0.05) is 11.5 Å². The standard InChI is InChI=1S/C13H18O4/c1-3-5-6-13(4-2)8-9(12(16)17)10(14)7-11(13)15/h7-8,15H,3-6H2,1-2H3,(H,16,17). The first kappa shape index (κ1) is 13.5. The molecule has 1 unspecified atom stereocenters. The fourth-order valence-electron chi connectivity index (χ4n) is 2.09. The molecule has 0 aromatic carbocycles. The van der Waals surface area contributed by atoms with Gasteiger partial charge >= 0.3 is 5.97 Å². The third kappa shape index (κ3) is 2.57. The van der Waals surface area contributed by atoms with E-state index in [4.69, 9.17) is 5.11 Å². The largest absolute Gasteiger partial charge is 0.511 e. The van der Waals surface area contributed by atoms with Crippen LogP contribution in [0.3, 0.4) is 0 Å². The van der Waals surface area contributed by atoms with Crippen LogP contribution in [0.25, 0.3) is 0 Å². The molecule has 1 atom stereocenters. The molecule has 1 rings (SSSR count). The Morgan fingerprint density at radius 2 is 2.06 bits per heavy atom. The fourth-order valence-corrected chi connectivity index (χ4v) is 2.09. The molecule has 0 fully saturated rings. The van der Waals surface area contributed by atoms with E-state index in [1.165, 1.54) is 6.08 Å². The number of hydrogen-bond donors (Lipinski definition) is 2. The quantitative estimate of drug-likeness (QED) is 0.722. The summed E-state index contributed by atoms with van der Waals surface area (Å²) < 4.78 is 0. The fraction of sp³-hybridized carbons (Fsp3) is 0.538. The van der Waals surface area contributed by atoms with Crippen molar-refractivity contribution in [3.8, 4) is 0 Å². The third-order valence-corrected chi connectivity index (χ3v) is 3.30. The van der Waals surface area contributed by atoms with Crippen molar-refractivity contribution in [1.82, 2.24) is 0 Å². The zero-order valence-corrected chi connectivity index (χ0v) is 10.2. The van der Waals surface area contributed by atoms with Crippen molar-refractivity contribution in [2.75, 3.05) is 0 Å². The van der Waals surface area contributed by atoms with Crippen LogP contribution in [-0.4, -0.2) is 22.0 Å². The van der Waals surface area contributed by atoms with Crippen molar-refractivity contribution in [3.63, 3.8) is 0 Å². The van der Waals surface area contributed by atoms with Crippen molar-refractivity contribution in [1.29, 1.82) is 0 Å². The average Bonchev–Trinajstić information content (AvgIpc) is 2.28. The van der Waals surface area contributed by atoms with Crippen LogP contribution in [0.15, 0.2) is 23.5 Å². The molecule has 17 heavy (non-hydrogen) atoms. The van der Waals surface area contributed by atoms with Gasteiger partial charge in [-0.1, -0.05) is 32.8 Å². The summed E-state index contributed by atoms with van der Waals surface area (Å²) in [5.41, 5.74) is -0.918. The Kier molecular flexibility index (Phi) is 4.10. The van der Waals surface area contributed by atoms with Crippen LogP contribution in [-0.2, 0) is 9.59 Å². The normalized spacial score (nSPS) is 24.2. The van der Waals surface area contributed by atoms with Gasteiger partial charge in [0.15, 0.2) is 5.78 Å². The highest BCUT2D eigenvalue weighted by atomic mass is 16.4. The van der Waals surface area contributed by atoms with Crippen LogP contribution in [0.2, 0.25) is 0 Å². The Morgan fingerprint density at radius 3 is 2.53 bits per heavy atom. The van der Waals surface area contributed by atoms with Crippen molar-refractivity contribution in [3.05, 3.63) is 23.5 Å². The lowest BCUT2D eigenvalue weighted by molar-refractivity contribution is -0.134. The van der Waals surface area contributed by atoms with Gasteiger partial charge in [-0.05, 0) is 12.8 Å². The lowest BCUT2D eigenvalue weighted by Crippen LogP contribution is -2.28. The summed E-state index contributed by atoms with van der Waals surface area (Å²) in [7, 11) is 0. The van der Waals surface area contributed by atoms with Crippen molar-refractivity contribution < 1.29 is 19.8 Å². The van der Waals surface area contributed by atoms with E-state index in [2.05, 4.69) is 0 Å². The molecule has 0 spiro atoms. The van der Waals surface area contributed by atoms with Crippen LogP contribution in [0, 0.1) is 5.41 Å². The summed E-state index contributed by atoms with van der Waals surface area (Å²) in [6, 6.07) is 0. The highest BCUT2D eigenvalue weighted by Gasteiger charge is 2.37. The van der Waals surface area contributed by atoms with Gasteiger partial charge in [0.2, 0.25) is 0 Å². The van der Waals surface area contributed by atoms with E-state index in [9.17, 15) is 14.7 Å². The molecule has 94 valence electrons. The predicted octanol–water partition coefficient (Wildman–Crippen LogP) is 2.61. The van der Waals surface area contributed by atoms with Gasteiger partial charge in [0.1, 0.15) is 11.3 Å². The second kappa shape index (κ2) is 5.17. The summed E-state index contributed by atoms with van der Waals surface area (Å²) in [4.78, 5) is 22.4. The molecule has 1 aliphatic rings. The molecule has 4 nitrogen and oxygen atoms in total. The van der Waals surface area contributed by atoms with Crippen molar-refractivity contribution in [2.45, 2.75) is 39.5 Å². The Hall–Kier alpha value is -1.58. The zero-order valence-electron chi connectivity index (χ0n) is 10.2. The number of rotatable bonds is 5. The molecule has 0 aromatic heterocycles. The number of allylic oxidation sites excluding steroid dienone is 2. The number of hydrogen-bond acceptors (Lipinski definition) is 3. The van der Waals surface area contributed by atoms with Gasteiger partial charge in [-0.3, -0.25) is 4.79 Å². The molecule has 0 heterocycles. The van der Waals surface area contributed by atoms with Gasteiger partial charge in [-0.15, -0.1) is 0 Å². The average molecular weight is 238 g/mol. The molecule has 0 saturated carbocycles. The number of aliphatic hydroxyl groups excluding tert-OH is 1. The van der Waals surface area contributed by atoms with E-state index in [0.29, 0.717) is 12.8 Å². The van der Waals surface area contributed by atoms with E-state index in [-0.39, 0.29) is 11.3 Å². The van der Waals surface area contributed by atoms with E-state index in [1.54, 1.807) is 0 Å². The van der Waals surface area contributed by atoms with E-state index >= 15 is 0 Å². The van der Waals surface area contributed by atoms with Crippen molar-refractivity contribution in [2.24, 2.45) is 5.41 Å². The summed E-state index contributed by atoms with van der Waals surface area (Å²) in [5.74, 6) is -1.87. The van der Waals surface area contributed by atoms with Crippen molar-refractivity contribution >= 4 is 11.8 Å². The maximum atomic E-state index is 11.4.